The minimum atomic E-state index is -0.276. The van der Waals surface area contributed by atoms with E-state index in [0.29, 0.717) is 13.1 Å². The second-order valence-corrected chi connectivity index (χ2v) is 6.68. The molecule has 1 aromatic carbocycles. The van der Waals surface area contributed by atoms with Gasteiger partial charge in [-0.3, -0.25) is 14.5 Å². The van der Waals surface area contributed by atoms with Gasteiger partial charge in [-0.1, -0.05) is 6.58 Å². The molecule has 5 nitrogen and oxygen atoms in total. The molecule has 1 aliphatic rings. The van der Waals surface area contributed by atoms with Crippen molar-refractivity contribution in [1.29, 1.82) is 0 Å². The lowest BCUT2D eigenvalue weighted by atomic mass is 9.87. The van der Waals surface area contributed by atoms with Gasteiger partial charge in [-0.25, -0.2) is 4.39 Å². The fraction of sp³-hybridized carbons (Fsp3) is 0.190. The number of hydrogen-bond donors (Lipinski definition) is 0. The van der Waals surface area contributed by atoms with Gasteiger partial charge in [0.25, 0.3) is 0 Å². The van der Waals surface area contributed by atoms with E-state index in [1.807, 2.05) is 31.6 Å². The molecule has 6 heteroatoms. The fourth-order valence-electron chi connectivity index (χ4n) is 3.33. The quantitative estimate of drug-likeness (QED) is 0.669. The number of pyridine rings is 1. The molecular formula is C21H19FN4O. The van der Waals surface area contributed by atoms with Crippen molar-refractivity contribution in [1.82, 2.24) is 19.7 Å². The minimum absolute atomic E-state index is 0.0541. The predicted octanol–water partition coefficient (Wildman–Crippen LogP) is 3.40. The van der Waals surface area contributed by atoms with Crippen molar-refractivity contribution in [2.24, 2.45) is 7.05 Å². The maximum atomic E-state index is 13.2. The average molecular weight is 362 g/mol. The molecule has 27 heavy (non-hydrogen) atoms. The average Bonchev–Trinajstić information content (AvgIpc) is 3.07. The highest BCUT2D eigenvalue weighted by Crippen LogP contribution is 2.35. The van der Waals surface area contributed by atoms with Crippen LogP contribution < -0.4 is 0 Å². The van der Waals surface area contributed by atoms with Crippen LogP contribution in [0.5, 0.6) is 0 Å². The Morgan fingerprint density at radius 2 is 1.96 bits per heavy atom. The molecule has 0 bridgehead atoms. The third-order valence-electron chi connectivity index (χ3n) is 4.87. The summed E-state index contributed by atoms with van der Waals surface area (Å²) in [6.07, 6.45) is 5.08. The summed E-state index contributed by atoms with van der Waals surface area (Å²) >= 11 is 0. The summed E-state index contributed by atoms with van der Waals surface area (Å²) in [5.74, 6) is -0.121. The SMILES string of the molecule is C=CC(=O)N1CC(c2cnc(-c3ccc(F)cc3)cc2-c2ccn(C)n2)C1. The highest BCUT2D eigenvalue weighted by atomic mass is 19.1. The number of halogens is 1. The number of carbonyl (C=O) groups excluding carboxylic acids is 1. The number of nitrogens with zero attached hydrogens (tertiary/aromatic N) is 4. The summed E-state index contributed by atoms with van der Waals surface area (Å²) in [5.41, 5.74) is 4.51. The largest absolute Gasteiger partial charge is 0.338 e. The number of amides is 1. The van der Waals surface area contributed by atoms with Crippen LogP contribution in [0.3, 0.4) is 0 Å². The van der Waals surface area contributed by atoms with Crippen molar-refractivity contribution >= 4 is 5.91 Å². The molecule has 1 fully saturated rings. The fourth-order valence-corrected chi connectivity index (χ4v) is 3.33. The number of aryl methyl sites for hydroxylation is 1. The van der Waals surface area contributed by atoms with Crippen LogP contribution in [0.25, 0.3) is 22.5 Å². The van der Waals surface area contributed by atoms with Crippen LogP contribution in [0, 0.1) is 5.82 Å². The lowest BCUT2D eigenvalue weighted by Gasteiger charge is -2.39. The van der Waals surface area contributed by atoms with Crippen LogP contribution >= 0.6 is 0 Å². The summed E-state index contributed by atoms with van der Waals surface area (Å²) in [7, 11) is 1.87. The van der Waals surface area contributed by atoms with Crippen molar-refractivity contribution in [2.75, 3.05) is 13.1 Å². The molecule has 4 rings (SSSR count). The zero-order valence-electron chi connectivity index (χ0n) is 15.0. The van der Waals surface area contributed by atoms with Gasteiger partial charge in [0.1, 0.15) is 5.82 Å². The van der Waals surface area contributed by atoms with Gasteiger partial charge >= 0.3 is 0 Å². The maximum Gasteiger partial charge on any atom is 0.245 e. The van der Waals surface area contributed by atoms with E-state index >= 15 is 0 Å². The second-order valence-electron chi connectivity index (χ2n) is 6.68. The summed E-state index contributed by atoms with van der Waals surface area (Å²) in [6.45, 7) is 4.82. The summed E-state index contributed by atoms with van der Waals surface area (Å²) in [5, 5.41) is 4.53. The van der Waals surface area contributed by atoms with Crippen LogP contribution in [-0.4, -0.2) is 38.7 Å². The molecule has 0 unspecified atom stereocenters. The molecule has 1 saturated heterocycles. The zero-order chi connectivity index (χ0) is 19.0. The molecule has 3 heterocycles. The molecule has 136 valence electrons. The third-order valence-corrected chi connectivity index (χ3v) is 4.87. The number of carbonyl (C=O) groups is 1. The van der Waals surface area contributed by atoms with E-state index in [1.165, 1.54) is 18.2 Å². The molecule has 1 aliphatic heterocycles. The van der Waals surface area contributed by atoms with Gasteiger partial charge < -0.3 is 4.90 Å². The smallest absolute Gasteiger partial charge is 0.245 e. The lowest BCUT2D eigenvalue weighted by molar-refractivity contribution is -0.130. The Morgan fingerprint density at radius 3 is 2.59 bits per heavy atom. The van der Waals surface area contributed by atoms with Gasteiger partial charge in [-0.05, 0) is 48.0 Å². The van der Waals surface area contributed by atoms with Crippen molar-refractivity contribution in [3.05, 3.63) is 72.8 Å². The molecule has 0 radical (unpaired) electrons. The van der Waals surface area contributed by atoms with E-state index < -0.39 is 0 Å². The molecule has 0 N–H and O–H groups in total. The summed E-state index contributed by atoms with van der Waals surface area (Å²) in [6, 6.07) is 10.2. The van der Waals surface area contributed by atoms with Crippen LogP contribution in [0.15, 0.2) is 61.4 Å². The number of likely N-dealkylation sites (tertiary alicyclic amines) is 1. The lowest BCUT2D eigenvalue weighted by Crippen LogP contribution is -2.47. The summed E-state index contributed by atoms with van der Waals surface area (Å²) in [4.78, 5) is 18.1. The van der Waals surface area contributed by atoms with Crippen LogP contribution in [0.2, 0.25) is 0 Å². The Labute approximate surface area is 156 Å². The van der Waals surface area contributed by atoms with Gasteiger partial charge in [0.05, 0.1) is 11.4 Å². The number of rotatable bonds is 4. The highest BCUT2D eigenvalue weighted by molar-refractivity contribution is 5.88. The van der Waals surface area contributed by atoms with E-state index in [2.05, 4.69) is 16.7 Å². The number of hydrogen-bond acceptors (Lipinski definition) is 3. The first kappa shape index (κ1) is 17.1. The molecule has 0 saturated carbocycles. The van der Waals surface area contributed by atoms with Gasteiger partial charge in [0.15, 0.2) is 0 Å². The Morgan fingerprint density at radius 1 is 1.22 bits per heavy atom. The summed E-state index contributed by atoms with van der Waals surface area (Å²) < 4.78 is 15.0. The first-order chi connectivity index (χ1) is 13.0. The van der Waals surface area contributed by atoms with Crippen molar-refractivity contribution < 1.29 is 9.18 Å². The van der Waals surface area contributed by atoms with E-state index in [4.69, 9.17) is 0 Å². The van der Waals surface area contributed by atoms with E-state index in [9.17, 15) is 9.18 Å². The van der Waals surface area contributed by atoms with Crippen molar-refractivity contribution in [3.63, 3.8) is 0 Å². The van der Waals surface area contributed by atoms with E-state index in [1.54, 1.807) is 21.7 Å². The molecular weight excluding hydrogens is 343 g/mol. The highest BCUT2D eigenvalue weighted by Gasteiger charge is 2.32. The van der Waals surface area contributed by atoms with Gasteiger partial charge in [0.2, 0.25) is 5.91 Å². The Kier molecular flexibility index (Phi) is 4.32. The van der Waals surface area contributed by atoms with Crippen molar-refractivity contribution in [3.8, 4) is 22.5 Å². The van der Waals surface area contributed by atoms with Crippen LogP contribution in [0.4, 0.5) is 4.39 Å². The standard InChI is InChI=1S/C21H19FN4O/c1-3-21(27)26-12-15(13-26)18-11-23-20(14-4-6-16(22)7-5-14)10-17(18)19-8-9-25(2)24-19/h3-11,15H,1,12-13H2,2H3. The second kappa shape index (κ2) is 6.79. The first-order valence-electron chi connectivity index (χ1n) is 8.72. The first-order valence-corrected chi connectivity index (χ1v) is 8.72. The maximum absolute atomic E-state index is 13.2. The van der Waals surface area contributed by atoms with Crippen LogP contribution in [0.1, 0.15) is 11.5 Å². The van der Waals surface area contributed by atoms with Crippen LogP contribution in [-0.2, 0) is 11.8 Å². The molecule has 0 aliphatic carbocycles. The Bertz CT molecular complexity index is 1000. The molecule has 3 aromatic rings. The number of benzene rings is 1. The normalized spacial score (nSPS) is 14.1. The molecule has 0 spiro atoms. The topological polar surface area (TPSA) is 51.0 Å². The molecule has 0 atom stereocenters. The van der Waals surface area contributed by atoms with E-state index in [0.717, 1.165) is 28.1 Å². The van der Waals surface area contributed by atoms with Gasteiger partial charge in [-0.15, -0.1) is 0 Å². The van der Waals surface area contributed by atoms with Crippen molar-refractivity contribution in [2.45, 2.75) is 5.92 Å². The zero-order valence-corrected chi connectivity index (χ0v) is 15.0. The monoisotopic (exact) mass is 362 g/mol. The predicted molar refractivity (Wildman–Crippen MR) is 101 cm³/mol. The molecule has 2 aromatic heterocycles. The van der Waals surface area contributed by atoms with E-state index in [-0.39, 0.29) is 17.6 Å². The van der Waals surface area contributed by atoms with Gasteiger partial charge in [-0.2, -0.15) is 5.10 Å². The minimum Gasteiger partial charge on any atom is -0.338 e. The Hall–Kier alpha value is -3.28. The van der Waals surface area contributed by atoms with Gasteiger partial charge in [0, 0.05) is 49.6 Å². The molecule has 1 amide bonds. The Balaban J connectivity index is 1.72. The third kappa shape index (κ3) is 3.26. The number of aromatic nitrogens is 3.